The van der Waals surface area contributed by atoms with Crippen LogP contribution in [0.2, 0.25) is 0 Å². The Morgan fingerprint density at radius 3 is 2.50 bits per heavy atom. The van der Waals surface area contributed by atoms with Crippen LogP contribution in [0.4, 0.5) is 4.39 Å². The Morgan fingerprint density at radius 2 is 2.00 bits per heavy atom. The van der Waals surface area contributed by atoms with Crippen LogP contribution in [0.15, 0.2) is 18.3 Å². The van der Waals surface area contributed by atoms with Gasteiger partial charge in [-0.2, -0.15) is 9.65 Å². The molecule has 0 atom stereocenters. The molecule has 2 rings (SSSR count). The van der Waals surface area contributed by atoms with Gasteiger partial charge >= 0.3 is 0 Å². The molecule has 0 saturated carbocycles. The van der Waals surface area contributed by atoms with Crippen LogP contribution in [0.3, 0.4) is 0 Å². The molecule has 1 aliphatic rings. The lowest BCUT2D eigenvalue weighted by molar-refractivity contribution is 0.0520. The summed E-state index contributed by atoms with van der Waals surface area (Å²) in [5.41, 5.74) is -0.133. The number of nitriles is 1. The average molecular weight is 276 g/mol. The molecule has 2 heterocycles. The molecule has 0 unspecified atom stereocenters. The van der Waals surface area contributed by atoms with E-state index in [0.717, 1.165) is 0 Å². The van der Waals surface area contributed by atoms with Crippen LogP contribution in [0, 0.1) is 17.3 Å². The van der Waals surface area contributed by atoms with Crippen molar-refractivity contribution in [3.8, 4) is 6.07 Å². The Hall–Kier alpha value is -2.00. The molecule has 106 valence electrons. The highest BCUT2D eigenvalue weighted by Crippen LogP contribution is 2.17. The molecule has 0 radical (unpaired) electrons. The SMILES string of the molecule is CC(C)(C#N)N1CCN(C(=O)c2ccc(F)nc2)CC1. The lowest BCUT2D eigenvalue weighted by Crippen LogP contribution is -2.55. The number of aromatic nitrogens is 1. The van der Waals surface area contributed by atoms with E-state index in [4.69, 9.17) is 5.26 Å². The van der Waals surface area contributed by atoms with Gasteiger partial charge in [0.15, 0.2) is 0 Å². The van der Waals surface area contributed by atoms with E-state index < -0.39 is 11.5 Å². The molecule has 20 heavy (non-hydrogen) atoms. The van der Waals surface area contributed by atoms with Gasteiger partial charge in [0.05, 0.1) is 11.6 Å². The lowest BCUT2D eigenvalue weighted by Gasteiger charge is -2.40. The number of nitrogens with zero attached hydrogens (tertiary/aromatic N) is 4. The highest BCUT2D eigenvalue weighted by molar-refractivity contribution is 5.93. The smallest absolute Gasteiger partial charge is 0.255 e. The number of pyridine rings is 1. The van der Waals surface area contributed by atoms with E-state index >= 15 is 0 Å². The maximum atomic E-state index is 12.7. The summed E-state index contributed by atoms with van der Waals surface area (Å²) in [5.74, 6) is -0.742. The Balaban J connectivity index is 1.99. The van der Waals surface area contributed by atoms with Gasteiger partial charge in [-0.3, -0.25) is 9.69 Å². The normalized spacial score (nSPS) is 16.8. The van der Waals surface area contributed by atoms with E-state index in [9.17, 15) is 9.18 Å². The minimum Gasteiger partial charge on any atom is -0.336 e. The van der Waals surface area contributed by atoms with Gasteiger partial charge in [0.2, 0.25) is 5.95 Å². The van der Waals surface area contributed by atoms with E-state index in [2.05, 4.69) is 16.0 Å². The number of piperazine rings is 1. The van der Waals surface area contributed by atoms with Crippen molar-refractivity contribution in [2.45, 2.75) is 19.4 Å². The second kappa shape index (κ2) is 5.55. The lowest BCUT2D eigenvalue weighted by atomic mass is 10.0. The van der Waals surface area contributed by atoms with Crippen molar-refractivity contribution in [1.82, 2.24) is 14.8 Å². The quantitative estimate of drug-likeness (QED) is 0.763. The van der Waals surface area contributed by atoms with Gasteiger partial charge in [-0.15, -0.1) is 0 Å². The first kappa shape index (κ1) is 14.4. The number of carbonyl (C=O) groups excluding carboxylic acids is 1. The van der Waals surface area contributed by atoms with Crippen molar-refractivity contribution in [2.75, 3.05) is 26.2 Å². The number of carbonyl (C=O) groups is 1. The minimum atomic E-state index is -0.595. The highest BCUT2D eigenvalue weighted by Gasteiger charge is 2.31. The van der Waals surface area contributed by atoms with E-state index in [1.807, 2.05) is 13.8 Å². The predicted octanol–water partition coefficient (Wildman–Crippen LogP) is 1.28. The van der Waals surface area contributed by atoms with E-state index in [1.165, 1.54) is 18.3 Å². The van der Waals surface area contributed by atoms with Crippen molar-refractivity contribution in [2.24, 2.45) is 0 Å². The topological polar surface area (TPSA) is 60.2 Å². The van der Waals surface area contributed by atoms with Crippen LogP contribution in [0.5, 0.6) is 0 Å². The van der Waals surface area contributed by atoms with Crippen molar-refractivity contribution >= 4 is 5.91 Å². The molecule has 0 aromatic carbocycles. The fourth-order valence-electron chi connectivity index (χ4n) is 2.22. The molecule has 1 aromatic rings. The number of rotatable bonds is 2. The Labute approximate surface area is 117 Å². The molecule has 5 nitrogen and oxygen atoms in total. The Bertz CT molecular complexity index is 527. The summed E-state index contributed by atoms with van der Waals surface area (Å²) in [4.78, 5) is 19.5. The van der Waals surface area contributed by atoms with E-state index in [-0.39, 0.29) is 5.91 Å². The van der Waals surface area contributed by atoms with Gasteiger partial charge in [0.25, 0.3) is 5.91 Å². The largest absolute Gasteiger partial charge is 0.336 e. The molecule has 6 heteroatoms. The van der Waals surface area contributed by atoms with Crippen LogP contribution in [0.1, 0.15) is 24.2 Å². The molecule has 1 aliphatic heterocycles. The molecule has 1 amide bonds. The minimum absolute atomic E-state index is 0.146. The van der Waals surface area contributed by atoms with Crippen molar-refractivity contribution in [3.05, 3.63) is 29.8 Å². The molecular weight excluding hydrogens is 259 g/mol. The number of amides is 1. The van der Waals surface area contributed by atoms with Gasteiger partial charge < -0.3 is 4.90 Å². The zero-order chi connectivity index (χ0) is 14.8. The average Bonchev–Trinajstić information content (AvgIpc) is 2.47. The van der Waals surface area contributed by atoms with E-state index in [1.54, 1.807) is 4.90 Å². The molecular formula is C14H17FN4O. The third kappa shape index (κ3) is 2.94. The number of halogens is 1. The van der Waals surface area contributed by atoms with Crippen LogP contribution in [-0.4, -0.2) is 52.4 Å². The van der Waals surface area contributed by atoms with Crippen molar-refractivity contribution in [3.63, 3.8) is 0 Å². The molecule has 1 saturated heterocycles. The maximum Gasteiger partial charge on any atom is 0.255 e. The fourth-order valence-corrected chi connectivity index (χ4v) is 2.22. The van der Waals surface area contributed by atoms with Crippen LogP contribution in [0.25, 0.3) is 0 Å². The summed E-state index contributed by atoms with van der Waals surface area (Å²) in [5, 5.41) is 9.11. The first-order valence-corrected chi connectivity index (χ1v) is 6.51. The second-order valence-electron chi connectivity index (χ2n) is 5.32. The molecule has 1 fully saturated rings. The van der Waals surface area contributed by atoms with Gasteiger partial charge in [-0.25, -0.2) is 4.98 Å². The summed E-state index contributed by atoms with van der Waals surface area (Å²) >= 11 is 0. The second-order valence-corrected chi connectivity index (χ2v) is 5.32. The van der Waals surface area contributed by atoms with Gasteiger partial charge in [0.1, 0.15) is 5.54 Å². The zero-order valence-electron chi connectivity index (χ0n) is 11.6. The first-order chi connectivity index (χ1) is 9.44. The molecule has 0 aliphatic carbocycles. The Morgan fingerprint density at radius 1 is 1.35 bits per heavy atom. The summed E-state index contributed by atoms with van der Waals surface area (Å²) in [6, 6.07) is 4.89. The van der Waals surface area contributed by atoms with Gasteiger partial charge in [-0.05, 0) is 26.0 Å². The summed E-state index contributed by atoms with van der Waals surface area (Å²) in [6.45, 7) is 6.16. The third-order valence-electron chi connectivity index (χ3n) is 3.61. The molecule has 0 spiro atoms. The summed E-state index contributed by atoms with van der Waals surface area (Å²) in [7, 11) is 0. The van der Waals surface area contributed by atoms with E-state index in [0.29, 0.717) is 31.7 Å². The Kier molecular flexibility index (Phi) is 4.00. The van der Waals surface area contributed by atoms with Crippen LogP contribution < -0.4 is 0 Å². The van der Waals surface area contributed by atoms with Gasteiger partial charge in [-0.1, -0.05) is 0 Å². The van der Waals surface area contributed by atoms with Crippen molar-refractivity contribution in [1.29, 1.82) is 5.26 Å². The summed E-state index contributed by atoms with van der Waals surface area (Å²) in [6.07, 6.45) is 1.25. The molecule has 0 bridgehead atoms. The predicted molar refractivity (Wildman–Crippen MR) is 71.4 cm³/mol. The standard InChI is InChI=1S/C14H17FN4O/c1-14(2,10-16)19-7-5-18(6-8-19)13(20)11-3-4-12(15)17-9-11/h3-4,9H,5-8H2,1-2H3. The number of hydrogen-bond donors (Lipinski definition) is 0. The molecule has 0 N–H and O–H groups in total. The highest BCUT2D eigenvalue weighted by atomic mass is 19.1. The summed E-state index contributed by atoms with van der Waals surface area (Å²) < 4.78 is 12.7. The van der Waals surface area contributed by atoms with Crippen LogP contribution in [-0.2, 0) is 0 Å². The van der Waals surface area contributed by atoms with Crippen molar-refractivity contribution < 1.29 is 9.18 Å². The zero-order valence-corrected chi connectivity index (χ0v) is 11.6. The molecule has 1 aromatic heterocycles. The maximum absolute atomic E-state index is 12.7. The van der Waals surface area contributed by atoms with Gasteiger partial charge in [0, 0.05) is 32.4 Å². The first-order valence-electron chi connectivity index (χ1n) is 6.51. The fraction of sp³-hybridized carbons (Fsp3) is 0.500. The monoisotopic (exact) mass is 276 g/mol. The number of hydrogen-bond acceptors (Lipinski definition) is 4. The third-order valence-corrected chi connectivity index (χ3v) is 3.61. The van der Waals surface area contributed by atoms with Crippen LogP contribution >= 0.6 is 0 Å².